The zero-order chi connectivity index (χ0) is 44.7. The molecule has 1 amide bonds. The number of nitrogens with one attached hydrogen (secondary N) is 1. The number of rotatable bonds is 32. The number of ether oxygens (including phenoxy) is 5. The van der Waals surface area contributed by atoms with E-state index in [2.05, 4.69) is 23.3 Å². The summed E-state index contributed by atoms with van der Waals surface area (Å²) in [6.07, 6.45) is 14.4. The zero-order valence-corrected chi connectivity index (χ0v) is 44.0. The molecule has 1 aromatic carbocycles. The van der Waals surface area contributed by atoms with E-state index in [1.807, 2.05) is 6.08 Å². The number of carbonyl (C=O) groups excluding carboxylic acids is 2. The van der Waals surface area contributed by atoms with Crippen molar-refractivity contribution in [2.45, 2.75) is 198 Å². The smallest absolute Gasteiger partial charge is 0.726 e. The van der Waals surface area contributed by atoms with E-state index < -0.39 is 88.6 Å². The van der Waals surface area contributed by atoms with E-state index >= 15 is 0 Å². The minimum Gasteiger partial charge on any atom is -0.726 e. The number of hydrogen-bond donors (Lipinski definition) is 1. The van der Waals surface area contributed by atoms with Crippen molar-refractivity contribution >= 4 is 32.7 Å². The van der Waals surface area contributed by atoms with Crippen molar-refractivity contribution in [2.24, 2.45) is 0 Å². The van der Waals surface area contributed by atoms with E-state index in [0.717, 1.165) is 51.4 Å². The predicted molar refractivity (Wildman–Crippen MR) is 224 cm³/mol. The molecule has 7 atom stereocenters. The van der Waals surface area contributed by atoms with Gasteiger partial charge < -0.3 is 38.1 Å². The number of fused-ring (bicyclic) bond motifs is 1. The van der Waals surface area contributed by atoms with E-state index in [-0.39, 0.29) is 77.0 Å². The summed E-state index contributed by atoms with van der Waals surface area (Å²) in [7, 11) is -10.6. The van der Waals surface area contributed by atoms with Gasteiger partial charge in [-0.05, 0) is 51.3 Å². The first-order chi connectivity index (χ1) is 29.0. The zero-order valence-electron chi connectivity index (χ0n) is 38.4. The molecule has 0 unspecified atom stereocenters. The molecule has 0 aromatic heterocycles. The van der Waals surface area contributed by atoms with Crippen LogP contribution in [0.1, 0.15) is 160 Å². The maximum atomic E-state index is 13.6. The number of hydrogen-bond acceptors (Lipinski definition) is 15. The molecule has 20 heteroatoms. The molecule has 2 heterocycles. The maximum absolute atomic E-state index is 13.6. The topological polar surface area (TPSA) is 225 Å². The van der Waals surface area contributed by atoms with Crippen LogP contribution in [0.5, 0.6) is 0 Å². The Morgan fingerprint density at radius 3 is 1.87 bits per heavy atom. The van der Waals surface area contributed by atoms with Crippen LogP contribution in [0.4, 0.5) is 0 Å². The Labute approximate surface area is 420 Å². The van der Waals surface area contributed by atoms with Crippen molar-refractivity contribution in [1.82, 2.24) is 5.32 Å². The van der Waals surface area contributed by atoms with E-state index in [9.17, 15) is 35.5 Å². The molecule has 0 bridgehead atoms. The van der Waals surface area contributed by atoms with Crippen molar-refractivity contribution in [2.75, 3.05) is 13.2 Å². The Hall–Kier alpha value is -0.520. The van der Waals surface area contributed by atoms with Crippen LogP contribution in [0.3, 0.4) is 0 Å². The number of amides is 1. The largest absolute Gasteiger partial charge is 1.00 e. The molecule has 16 nitrogen and oxygen atoms in total. The van der Waals surface area contributed by atoms with Gasteiger partial charge in [0, 0.05) is 6.42 Å². The van der Waals surface area contributed by atoms with Gasteiger partial charge in [0.15, 0.2) is 18.2 Å². The summed E-state index contributed by atoms with van der Waals surface area (Å²) in [5, 5.41) is 2.93. The Balaban J connectivity index is 0.00000992. The molecule has 63 heavy (non-hydrogen) atoms. The third-order valence-corrected chi connectivity index (χ3v) is 11.4. The molecule has 1 aromatic rings. The molecular weight excluding hydrogens is 881 g/mol. The second-order valence-corrected chi connectivity index (χ2v) is 18.3. The Morgan fingerprint density at radius 1 is 0.778 bits per heavy atom. The van der Waals surface area contributed by atoms with Crippen LogP contribution in [0.25, 0.3) is 0 Å². The van der Waals surface area contributed by atoms with Gasteiger partial charge in [0.2, 0.25) is 26.7 Å². The summed E-state index contributed by atoms with van der Waals surface area (Å²) in [6, 6.07) is 7.18. The first kappa shape index (κ1) is 60.5. The van der Waals surface area contributed by atoms with E-state index in [0.29, 0.717) is 12.8 Å². The van der Waals surface area contributed by atoms with Crippen molar-refractivity contribution in [3.63, 3.8) is 0 Å². The van der Waals surface area contributed by atoms with Crippen molar-refractivity contribution < 1.29 is 127 Å². The number of benzene rings is 1. The van der Waals surface area contributed by atoms with Crippen LogP contribution < -0.4 is 64.4 Å². The van der Waals surface area contributed by atoms with Crippen molar-refractivity contribution in [3.05, 3.63) is 48.0 Å². The van der Waals surface area contributed by atoms with Gasteiger partial charge in [-0.3, -0.25) is 13.2 Å². The SMILES string of the molecule is CCCCCC/C=C/[C@@H](OC(=O)c1ccccc1)[C@H](CO[C@@H]1O[C@H](COS(=O)(=O)[O-])[C@@H]2OC(C)(C)O[C@@H]2[C@H]1OS(=O)(=O)[O-])NC(=O)CCCCCCCCCCCCCCC.[Na+].[Na+]. The van der Waals surface area contributed by atoms with Gasteiger partial charge in [0.1, 0.15) is 24.4 Å². The van der Waals surface area contributed by atoms with Crippen LogP contribution >= 0.6 is 0 Å². The van der Waals surface area contributed by atoms with E-state index in [4.69, 9.17) is 27.9 Å². The van der Waals surface area contributed by atoms with Crippen LogP contribution in [0.15, 0.2) is 42.5 Å². The molecule has 0 spiro atoms. The van der Waals surface area contributed by atoms with Crippen LogP contribution in [-0.4, -0.2) is 99.7 Å². The minimum absolute atomic E-state index is 0. The molecule has 2 fully saturated rings. The third-order valence-electron chi connectivity index (χ3n) is 10.5. The molecule has 2 aliphatic heterocycles. The monoisotopic (exact) mass is 949 g/mol. The molecule has 2 saturated heterocycles. The maximum Gasteiger partial charge on any atom is 1.00 e. The molecule has 0 saturated carbocycles. The average Bonchev–Trinajstić information content (AvgIpc) is 3.53. The molecule has 350 valence electrons. The average molecular weight is 950 g/mol. The fraction of sp³-hybridized carbons (Fsp3) is 0.767. The van der Waals surface area contributed by atoms with E-state index in [1.165, 1.54) is 65.2 Å². The quantitative estimate of drug-likeness (QED) is 0.0268. The number of esters is 1. The summed E-state index contributed by atoms with van der Waals surface area (Å²) in [6.45, 7) is 5.92. The predicted octanol–water partition coefficient (Wildman–Crippen LogP) is 1.30. The summed E-state index contributed by atoms with van der Waals surface area (Å²) in [4.78, 5) is 27.0. The summed E-state index contributed by atoms with van der Waals surface area (Å²) in [5.74, 6) is -2.43. The van der Waals surface area contributed by atoms with E-state index in [1.54, 1.807) is 36.4 Å². The van der Waals surface area contributed by atoms with Crippen molar-refractivity contribution in [1.29, 1.82) is 0 Å². The van der Waals surface area contributed by atoms with Crippen molar-refractivity contribution in [3.8, 4) is 0 Å². The molecule has 3 rings (SSSR count). The third kappa shape index (κ3) is 25.4. The van der Waals surface area contributed by atoms with Gasteiger partial charge in [-0.25, -0.2) is 21.6 Å². The Bertz CT molecular complexity index is 1670. The number of carbonyl (C=O) groups is 2. The fourth-order valence-corrected chi connectivity index (χ4v) is 8.21. The van der Waals surface area contributed by atoms with Gasteiger partial charge in [-0.2, -0.15) is 0 Å². The van der Waals surface area contributed by atoms with Crippen LogP contribution in [0.2, 0.25) is 0 Å². The van der Waals surface area contributed by atoms with Crippen LogP contribution in [-0.2, 0) is 57.6 Å². The van der Waals surface area contributed by atoms with Gasteiger partial charge >= 0.3 is 65.1 Å². The first-order valence-electron chi connectivity index (χ1n) is 22.1. The summed E-state index contributed by atoms with van der Waals surface area (Å²) < 4.78 is 109. The Kier molecular flexibility index (Phi) is 31.0. The fourth-order valence-electron chi connectivity index (χ4n) is 7.44. The number of allylic oxidation sites excluding steroid dienone is 1. The Morgan fingerprint density at radius 2 is 1.32 bits per heavy atom. The second-order valence-electron chi connectivity index (χ2n) is 16.3. The molecule has 1 N–H and O–H groups in total. The second kappa shape index (κ2) is 32.3. The molecule has 2 aliphatic rings. The van der Waals surface area contributed by atoms with Crippen LogP contribution in [0, 0.1) is 0 Å². The minimum atomic E-state index is -5.43. The molecular formula is C43H69NNa2O15S2. The van der Waals surface area contributed by atoms with Gasteiger partial charge in [0.05, 0.1) is 24.8 Å². The van der Waals surface area contributed by atoms with Gasteiger partial charge in [-0.15, -0.1) is 0 Å². The van der Waals surface area contributed by atoms with Gasteiger partial charge in [0.25, 0.3) is 0 Å². The summed E-state index contributed by atoms with van der Waals surface area (Å²) in [5.41, 5.74) is 0.259. The number of unbranched alkanes of at least 4 members (excludes halogenated alkanes) is 16. The molecule has 0 radical (unpaired) electrons. The first-order valence-corrected chi connectivity index (χ1v) is 24.8. The normalized spacial score (nSPS) is 21.8. The summed E-state index contributed by atoms with van der Waals surface area (Å²) >= 11 is 0. The van der Waals surface area contributed by atoms with Gasteiger partial charge in [-0.1, -0.05) is 134 Å². The molecule has 0 aliphatic carbocycles. The standard InChI is InChI=1S/C43H71NO15S2.2Na/c1-5-7-9-11-13-14-15-16-17-18-19-21-26-30-37(45)44-34(35(29-25-20-12-10-8-6-2)55-41(46)33-27-23-22-24-28-33)31-53-42-40(59-61(50,51)52)39-38(57-43(3,4)58-39)36(56-42)32-54-60(47,48)49;;/h22-25,27-29,34-36,38-40,42H,5-21,26,30-32H2,1-4H3,(H,44,45)(H,47,48,49)(H,50,51,52);;/q;2*+1/p-2/b29-25+;;/t34-,35+,36+,38-,39-,40+,42+;;/m0../s1.